The highest BCUT2D eigenvalue weighted by atomic mass is 79.9. The first-order chi connectivity index (χ1) is 7.85. The number of alkyl halides is 1. The normalized spacial score (nSPS) is 10.1. The average molecular weight is 278 g/mol. The summed E-state index contributed by atoms with van der Waals surface area (Å²) in [4.78, 5) is 4.56. The van der Waals surface area contributed by atoms with Gasteiger partial charge in [-0.25, -0.2) is 4.98 Å². The number of hydrogen-bond acceptors (Lipinski definition) is 2. The molecule has 0 fully saturated rings. The van der Waals surface area contributed by atoms with E-state index in [9.17, 15) is 0 Å². The van der Waals surface area contributed by atoms with Gasteiger partial charge in [0, 0.05) is 10.9 Å². The zero-order valence-corrected chi connectivity index (χ0v) is 10.6. The van der Waals surface area contributed by atoms with Crippen molar-refractivity contribution in [2.75, 3.05) is 7.11 Å². The highest BCUT2D eigenvalue weighted by Gasteiger charge is 2.05. The topological polar surface area (TPSA) is 22.1 Å². The lowest BCUT2D eigenvalue weighted by atomic mass is 10.1. The summed E-state index contributed by atoms with van der Waals surface area (Å²) < 4.78 is 5.23. The van der Waals surface area contributed by atoms with E-state index >= 15 is 0 Å². The fourth-order valence-electron chi connectivity index (χ4n) is 1.54. The minimum atomic E-state index is 0.691. The van der Waals surface area contributed by atoms with Gasteiger partial charge in [-0.05, 0) is 12.1 Å². The number of methoxy groups -OCH3 is 1. The molecule has 0 saturated heterocycles. The lowest BCUT2D eigenvalue weighted by molar-refractivity contribution is 0.409. The standard InChI is InChI=1S/C13H12BrNO/c1-16-13-8-7-11(15-12(13)9-14)10-5-3-2-4-6-10/h2-8H,9H2,1H3. The van der Waals surface area contributed by atoms with Crippen molar-refractivity contribution in [3.8, 4) is 17.0 Å². The number of nitrogens with zero attached hydrogens (tertiary/aromatic N) is 1. The molecule has 3 heteroatoms. The van der Waals surface area contributed by atoms with Crippen molar-refractivity contribution < 1.29 is 4.74 Å². The predicted octanol–water partition coefficient (Wildman–Crippen LogP) is 3.65. The maximum absolute atomic E-state index is 5.23. The fourth-order valence-corrected chi connectivity index (χ4v) is 1.94. The smallest absolute Gasteiger partial charge is 0.141 e. The second kappa shape index (κ2) is 5.12. The first kappa shape index (κ1) is 11.1. The van der Waals surface area contributed by atoms with Gasteiger partial charge < -0.3 is 4.74 Å². The van der Waals surface area contributed by atoms with E-state index in [0.717, 1.165) is 22.7 Å². The van der Waals surface area contributed by atoms with Gasteiger partial charge in [-0.15, -0.1) is 0 Å². The summed E-state index contributed by atoms with van der Waals surface area (Å²) in [6.07, 6.45) is 0. The third kappa shape index (κ3) is 2.25. The molecule has 0 bridgehead atoms. The van der Waals surface area contributed by atoms with Crippen molar-refractivity contribution >= 4 is 15.9 Å². The van der Waals surface area contributed by atoms with Gasteiger partial charge >= 0.3 is 0 Å². The van der Waals surface area contributed by atoms with Crippen LogP contribution >= 0.6 is 15.9 Å². The van der Waals surface area contributed by atoms with Crippen LogP contribution < -0.4 is 4.74 Å². The Hall–Kier alpha value is -1.35. The van der Waals surface area contributed by atoms with Crippen LogP contribution in [0.25, 0.3) is 11.3 Å². The van der Waals surface area contributed by atoms with Gasteiger partial charge in [0.05, 0.1) is 18.5 Å². The Morgan fingerprint density at radius 3 is 2.50 bits per heavy atom. The quantitative estimate of drug-likeness (QED) is 0.799. The Morgan fingerprint density at radius 1 is 1.12 bits per heavy atom. The molecule has 82 valence electrons. The van der Waals surface area contributed by atoms with Crippen LogP contribution in [0.15, 0.2) is 42.5 Å². The van der Waals surface area contributed by atoms with E-state index in [-0.39, 0.29) is 0 Å². The molecule has 0 radical (unpaired) electrons. The van der Waals surface area contributed by atoms with Crippen LogP contribution in [0.2, 0.25) is 0 Å². The average Bonchev–Trinajstić information content (AvgIpc) is 2.39. The van der Waals surface area contributed by atoms with E-state index in [0.29, 0.717) is 5.33 Å². The molecule has 2 aromatic rings. The maximum atomic E-state index is 5.23. The first-order valence-corrected chi connectivity index (χ1v) is 6.12. The summed E-state index contributed by atoms with van der Waals surface area (Å²) in [6, 6.07) is 14.0. The zero-order chi connectivity index (χ0) is 11.4. The number of pyridine rings is 1. The third-order valence-electron chi connectivity index (χ3n) is 2.35. The van der Waals surface area contributed by atoms with Crippen molar-refractivity contribution in [3.05, 3.63) is 48.2 Å². The summed E-state index contributed by atoms with van der Waals surface area (Å²) in [5, 5.41) is 0.691. The van der Waals surface area contributed by atoms with E-state index in [1.54, 1.807) is 7.11 Å². The number of ether oxygens (including phenoxy) is 1. The highest BCUT2D eigenvalue weighted by Crippen LogP contribution is 2.24. The fraction of sp³-hybridized carbons (Fsp3) is 0.154. The minimum Gasteiger partial charge on any atom is -0.495 e. The van der Waals surface area contributed by atoms with Crippen molar-refractivity contribution in [2.45, 2.75) is 5.33 Å². The molecule has 2 rings (SSSR count). The van der Waals surface area contributed by atoms with Crippen LogP contribution in [0.1, 0.15) is 5.69 Å². The summed E-state index contributed by atoms with van der Waals surface area (Å²) in [5.74, 6) is 0.816. The number of hydrogen-bond donors (Lipinski definition) is 0. The molecular formula is C13H12BrNO. The van der Waals surface area contributed by atoms with Gasteiger partial charge in [-0.2, -0.15) is 0 Å². The van der Waals surface area contributed by atoms with Gasteiger partial charge in [0.1, 0.15) is 5.75 Å². The molecule has 0 aliphatic heterocycles. The Labute approximate surface area is 103 Å². The molecule has 1 aromatic heterocycles. The van der Waals surface area contributed by atoms with Crippen LogP contribution in [0, 0.1) is 0 Å². The Kier molecular flexibility index (Phi) is 3.57. The molecule has 0 aliphatic carbocycles. The summed E-state index contributed by atoms with van der Waals surface area (Å²) >= 11 is 3.41. The number of aromatic nitrogens is 1. The van der Waals surface area contributed by atoms with E-state index in [2.05, 4.69) is 20.9 Å². The molecule has 2 nitrogen and oxygen atoms in total. The van der Waals surface area contributed by atoms with Gasteiger partial charge in [-0.3, -0.25) is 0 Å². The number of halogens is 1. The monoisotopic (exact) mass is 277 g/mol. The molecule has 0 spiro atoms. The van der Waals surface area contributed by atoms with Crippen LogP contribution in [0.4, 0.5) is 0 Å². The minimum absolute atomic E-state index is 0.691. The van der Waals surface area contributed by atoms with Crippen molar-refractivity contribution in [2.24, 2.45) is 0 Å². The van der Waals surface area contributed by atoms with Gasteiger partial charge in [-0.1, -0.05) is 46.3 Å². The van der Waals surface area contributed by atoms with Gasteiger partial charge in [0.15, 0.2) is 0 Å². The molecular weight excluding hydrogens is 266 g/mol. The van der Waals surface area contributed by atoms with E-state index < -0.39 is 0 Å². The van der Waals surface area contributed by atoms with E-state index in [4.69, 9.17) is 4.74 Å². The van der Waals surface area contributed by atoms with Crippen molar-refractivity contribution in [1.82, 2.24) is 4.98 Å². The molecule has 0 saturated carbocycles. The molecule has 1 aromatic carbocycles. The highest BCUT2D eigenvalue weighted by molar-refractivity contribution is 9.08. The third-order valence-corrected chi connectivity index (χ3v) is 2.88. The SMILES string of the molecule is COc1ccc(-c2ccccc2)nc1CBr. The number of rotatable bonds is 3. The molecule has 0 N–H and O–H groups in total. The van der Waals surface area contributed by atoms with Crippen LogP contribution in [-0.2, 0) is 5.33 Å². The molecule has 0 amide bonds. The van der Waals surface area contributed by atoms with E-state index in [1.807, 2.05) is 42.5 Å². The molecule has 0 atom stereocenters. The first-order valence-electron chi connectivity index (χ1n) is 5.00. The second-order valence-electron chi connectivity index (χ2n) is 3.35. The Morgan fingerprint density at radius 2 is 1.88 bits per heavy atom. The maximum Gasteiger partial charge on any atom is 0.141 e. The Balaban J connectivity index is 2.44. The lowest BCUT2D eigenvalue weighted by Gasteiger charge is -2.07. The van der Waals surface area contributed by atoms with Crippen LogP contribution in [0.5, 0.6) is 5.75 Å². The van der Waals surface area contributed by atoms with Gasteiger partial charge in [0.25, 0.3) is 0 Å². The second-order valence-corrected chi connectivity index (χ2v) is 3.91. The molecule has 1 heterocycles. The van der Waals surface area contributed by atoms with E-state index in [1.165, 1.54) is 0 Å². The number of benzene rings is 1. The van der Waals surface area contributed by atoms with Crippen molar-refractivity contribution in [1.29, 1.82) is 0 Å². The zero-order valence-electron chi connectivity index (χ0n) is 8.98. The predicted molar refractivity (Wildman–Crippen MR) is 68.9 cm³/mol. The molecule has 16 heavy (non-hydrogen) atoms. The molecule has 0 unspecified atom stereocenters. The Bertz CT molecular complexity index is 471. The van der Waals surface area contributed by atoms with Gasteiger partial charge in [0.2, 0.25) is 0 Å². The van der Waals surface area contributed by atoms with Crippen molar-refractivity contribution in [3.63, 3.8) is 0 Å². The summed E-state index contributed by atoms with van der Waals surface area (Å²) in [6.45, 7) is 0. The lowest BCUT2D eigenvalue weighted by Crippen LogP contribution is -1.94. The van der Waals surface area contributed by atoms with Crippen LogP contribution in [0.3, 0.4) is 0 Å². The summed E-state index contributed by atoms with van der Waals surface area (Å²) in [5.41, 5.74) is 3.01. The van der Waals surface area contributed by atoms with Crippen LogP contribution in [-0.4, -0.2) is 12.1 Å². The largest absolute Gasteiger partial charge is 0.495 e. The molecule has 0 aliphatic rings. The summed E-state index contributed by atoms with van der Waals surface area (Å²) in [7, 11) is 1.66.